The molecule has 28 heavy (non-hydrogen) atoms. The van der Waals surface area contributed by atoms with E-state index in [2.05, 4.69) is 20.6 Å². The number of piperidine rings is 1. The highest BCUT2D eigenvalue weighted by atomic mass is 19.4. The molecule has 1 saturated heterocycles. The van der Waals surface area contributed by atoms with E-state index in [1.54, 1.807) is 30.3 Å². The molecule has 0 saturated carbocycles. The van der Waals surface area contributed by atoms with Crippen molar-refractivity contribution >= 4 is 17.4 Å². The van der Waals surface area contributed by atoms with Crippen LogP contribution in [0.25, 0.3) is 5.65 Å². The summed E-state index contributed by atoms with van der Waals surface area (Å²) in [4.78, 5) is 14.1. The average Bonchev–Trinajstić information content (AvgIpc) is 3.13. The zero-order valence-electron chi connectivity index (χ0n) is 14.7. The van der Waals surface area contributed by atoms with E-state index in [0.717, 1.165) is 4.52 Å². The number of anilines is 1. The first-order valence-electron chi connectivity index (χ1n) is 8.82. The number of carbonyl (C=O) groups is 1. The number of rotatable bonds is 3. The van der Waals surface area contributed by atoms with Crippen LogP contribution >= 0.6 is 0 Å². The van der Waals surface area contributed by atoms with Crippen LogP contribution in [0.3, 0.4) is 0 Å². The van der Waals surface area contributed by atoms with Crippen LogP contribution in [0.5, 0.6) is 0 Å². The third kappa shape index (κ3) is 3.62. The standard InChI is InChI=1S/C18H17F3N6O/c19-18(20,21)17-24-23-14-6-7-15(25-27(14)17)26-10-8-13(9-11-26)22-16(28)12-4-2-1-3-5-12/h1-7,13H,8-11H2,(H,22,28). The van der Waals surface area contributed by atoms with Gasteiger partial charge in [-0.05, 0) is 37.1 Å². The summed E-state index contributed by atoms with van der Waals surface area (Å²) in [7, 11) is 0. The monoisotopic (exact) mass is 390 g/mol. The van der Waals surface area contributed by atoms with Gasteiger partial charge in [-0.25, -0.2) is 0 Å². The third-order valence-corrected chi connectivity index (χ3v) is 4.69. The number of carbonyl (C=O) groups excluding carboxylic acids is 1. The van der Waals surface area contributed by atoms with Crippen molar-refractivity contribution in [2.24, 2.45) is 0 Å². The van der Waals surface area contributed by atoms with Gasteiger partial charge in [-0.15, -0.1) is 15.3 Å². The second-order valence-corrected chi connectivity index (χ2v) is 6.58. The van der Waals surface area contributed by atoms with Crippen LogP contribution in [0.15, 0.2) is 42.5 Å². The summed E-state index contributed by atoms with van der Waals surface area (Å²) in [5.74, 6) is -0.849. The lowest BCUT2D eigenvalue weighted by molar-refractivity contribution is -0.146. The molecular formula is C18H17F3N6O. The van der Waals surface area contributed by atoms with Crippen molar-refractivity contribution in [1.82, 2.24) is 25.1 Å². The fraction of sp³-hybridized carbons (Fsp3) is 0.333. The van der Waals surface area contributed by atoms with Gasteiger partial charge in [0.1, 0.15) is 5.82 Å². The second kappa shape index (κ2) is 7.10. The van der Waals surface area contributed by atoms with E-state index >= 15 is 0 Å². The SMILES string of the molecule is O=C(NC1CCN(c2ccc3nnc(C(F)(F)F)n3n2)CC1)c1ccccc1. The minimum atomic E-state index is -4.63. The van der Waals surface area contributed by atoms with Crippen LogP contribution in [0.4, 0.5) is 19.0 Å². The van der Waals surface area contributed by atoms with Gasteiger partial charge in [0.25, 0.3) is 11.7 Å². The summed E-state index contributed by atoms with van der Waals surface area (Å²) >= 11 is 0. The van der Waals surface area contributed by atoms with E-state index in [9.17, 15) is 18.0 Å². The highest BCUT2D eigenvalue weighted by molar-refractivity contribution is 5.94. The molecule has 1 aliphatic rings. The number of nitrogens with zero attached hydrogens (tertiary/aromatic N) is 5. The van der Waals surface area contributed by atoms with Gasteiger partial charge in [-0.1, -0.05) is 18.2 Å². The zero-order valence-corrected chi connectivity index (χ0v) is 14.7. The van der Waals surface area contributed by atoms with Gasteiger partial charge in [0.15, 0.2) is 5.65 Å². The van der Waals surface area contributed by atoms with Gasteiger partial charge in [0.05, 0.1) is 0 Å². The number of alkyl halides is 3. The molecule has 4 rings (SSSR count). The van der Waals surface area contributed by atoms with E-state index in [1.165, 1.54) is 6.07 Å². The molecule has 3 heterocycles. The summed E-state index contributed by atoms with van der Waals surface area (Å²) in [5.41, 5.74) is 0.644. The Kier molecular flexibility index (Phi) is 4.62. The lowest BCUT2D eigenvalue weighted by Gasteiger charge is -2.33. The van der Waals surface area contributed by atoms with Crippen LogP contribution in [0.1, 0.15) is 29.0 Å². The first-order chi connectivity index (χ1) is 13.4. The normalized spacial score (nSPS) is 15.8. The molecule has 1 N–H and O–H groups in total. The Morgan fingerprint density at radius 3 is 2.43 bits per heavy atom. The smallest absolute Gasteiger partial charge is 0.355 e. The lowest BCUT2D eigenvalue weighted by Crippen LogP contribution is -2.45. The minimum Gasteiger partial charge on any atom is -0.355 e. The molecule has 1 aliphatic heterocycles. The number of halogens is 3. The van der Waals surface area contributed by atoms with Crippen molar-refractivity contribution in [3.05, 3.63) is 53.9 Å². The first kappa shape index (κ1) is 18.2. The number of aromatic nitrogens is 4. The maximum Gasteiger partial charge on any atom is 0.453 e. The maximum absolute atomic E-state index is 13.0. The molecule has 0 spiro atoms. The molecule has 2 aromatic heterocycles. The summed E-state index contributed by atoms with van der Waals surface area (Å²) in [6.45, 7) is 1.14. The molecule has 146 valence electrons. The molecule has 1 amide bonds. The van der Waals surface area contributed by atoms with Gasteiger partial charge in [-0.3, -0.25) is 4.79 Å². The number of benzene rings is 1. The van der Waals surface area contributed by atoms with Gasteiger partial charge in [0, 0.05) is 24.7 Å². The Labute approximate surface area is 158 Å². The Morgan fingerprint density at radius 1 is 1.04 bits per heavy atom. The van der Waals surface area contributed by atoms with Crippen molar-refractivity contribution in [2.45, 2.75) is 25.1 Å². The minimum absolute atomic E-state index is 0.00772. The maximum atomic E-state index is 13.0. The average molecular weight is 390 g/mol. The highest BCUT2D eigenvalue weighted by Crippen LogP contribution is 2.28. The van der Waals surface area contributed by atoms with Crippen LogP contribution in [-0.2, 0) is 6.18 Å². The van der Waals surface area contributed by atoms with Gasteiger partial charge >= 0.3 is 6.18 Å². The molecule has 0 radical (unpaired) electrons. The molecule has 1 fully saturated rings. The summed E-state index contributed by atoms with van der Waals surface area (Å²) in [6.07, 6.45) is -3.28. The van der Waals surface area contributed by atoms with E-state index in [4.69, 9.17) is 0 Å². The molecule has 10 heteroatoms. The highest BCUT2D eigenvalue weighted by Gasteiger charge is 2.38. The predicted molar refractivity (Wildman–Crippen MR) is 94.9 cm³/mol. The largest absolute Gasteiger partial charge is 0.453 e. The van der Waals surface area contributed by atoms with Crippen LogP contribution in [0.2, 0.25) is 0 Å². The molecular weight excluding hydrogens is 373 g/mol. The molecule has 0 bridgehead atoms. The van der Waals surface area contributed by atoms with Crippen molar-refractivity contribution in [3.63, 3.8) is 0 Å². The summed E-state index contributed by atoms with van der Waals surface area (Å²) < 4.78 is 39.8. The number of hydrogen-bond donors (Lipinski definition) is 1. The Hall–Kier alpha value is -3.17. The van der Waals surface area contributed by atoms with E-state index in [0.29, 0.717) is 37.3 Å². The van der Waals surface area contributed by atoms with Crippen LogP contribution < -0.4 is 10.2 Å². The molecule has 0 atom stereocenters. The van der Waals surface area contributed by atoms with Crippen LogP contribution in [0, 0.1) is 0 Å². The van der Waals surface area contributed by atoms with Crippen LogP contribution in [-0.4, -0.2) is 44.8 Å². The Balaban J connectivity index is 1.43. The van der Waals surface area contributed by atoms with Gasteiger partial charge in [0.2, 0.25) is 0 Å². The Morgan fingerprint density at radius 2 is 1.75 bits per heavy atom. The quantitative estimate of drug-likeness (QED) is 0.744. The first-order valence-corrected chi connectivity index (χ1v) is 8.82. The number of fused-ring (bicyclic) bond motifs is 1. The van der Waals surface area contributed by atoms with Crippen molar-refractivity contribution in [2.75, 3.05) is 18.0 Å². The van der Waals surface area contributed by atoms with E-state index < -0.39 is 12.0 Å². The predicted octanol–water partition coefficient (Wildman–Crippen LogP) is 2.54. The Bertz CT molecular complexity index is 980. The summed E-state index contributed by atoms with van der Waals surface area (Å²) in [6, 6.07) is 12.1. The molecule has 1 aromatic carbocycles. The number of hydrogen-bond acceptors (Lipinski definition) is 5. The van der Waals surface area contributed by atoms with E-state index in [-0.39, 0.29) is 17.6 Å². The van der Waals surface area contributed by atoms with Crippen molar-refractivity contribution < 1.29 is 18.0 Å². The molecule has 7 nitrogen and oxygen atoms in total. The fourth-order valence-corrected chi connectivity index (χ4v) is 3.24. The van der Waals surface area contributed by atoms with Gasteiger partial charge < -0.3 is 10.2 Å². The third-order valence-electron chi connectivity index (χ3n) is 4.69. The van der Waals surface area contributed by atoms with E-state index in [1.807, 2.05) is 11.0 Å². The topological polar surface area (TPSA) is 75.4 Å². The van der Waals surface area contributed by atoms with Crippen molar-refractivity contribution in [3.8, 4) is 0 Å². The number of amides is 1. The fourth-order valence-electron chi connectivity index (χ4n) is 3.24. The number of nitrogens with one attached hydrogen (secondary N) is 1. The zero-order chi connectivity index (χ0) is 19.7. The molecule has 3 aromatic rings. The second-order valence-electron chi connectivity index (χ2n) is 6.58. The molecule has 0 aliphatic carbocycles. The lowest BCUT2D eigenvalue weighted by atomic mass is 10.0. The van der Waals surface area contributed by atoms with Gasteiger partial charge in [-0.2, -0.15) is 17.7 Å². The molecule has 0 unspecified atom stereocenters. The summed E-state index contributed by atoms with van der Waals surface area (Å²) in [5, 5.41) is 13.8. The van der Waals surface area contributed by atoms with Crippen molar-refractivity contribution in [1.29, 1.82) is 0 Å².